The number of nitrogens with one attached hydrogen (secondary N) is 1. The van der Waals surface area contributed by atoms with Gasteiger partial charge in [0.15, 0.2) is 0 Å². The molecule has 0 bridgehead atoms. The van der Waals surface area contributed by atoms with E-state index in [2.05, 4.69) is 57.2 Å². The van der Waals surface area contributed by atoms with E-state index in [9.17, 15) is 0 Å². The number of likely N-dealkylation sites (N-methyl/N-ethyl adjacent to an activating group) is 1. The summed E-state index contributed by atoms with van der Waals surface area (Å²) in [7, 11) is 0. The van der Waals surface area contributed by atoms with Gasteiger partial charge in [0.05, 0.1) is 6.54 Å². The van der Waals surface area contributed by atoms with Crippen molar-refractivity contribution in [3.05, 3.63) is 53.6 Å². The van der Waals surface area contributed by atoms with E-state index in [-0.39, 0.29) is 0 Å². The Balaban J connectivity index is 1.61. The smallest absolute Gasteiger partial charge is 0.122 e. The Morgan fingerprint density at radius 3 is 3.10 bits per heavy atom. The Labute approximate surface area is 125 Å². The number of fused-ring (bicyclic) bond motifs is 2. The molecule has 0 fully saturated rings. The normalized spacial score (nSPS) is 24.8. The van der Waals surface area contributed by atoms with Gasteiger partial charge in [0.1, 0.15) is 5.82 Å². The lowest BCUT2D eigenvalue weighted by molar-refractivity contribution is 0.129. The minimum absolute atomic E-state index is 0.452. The van der Waals surface area contributed by atoms with Crippen LogP contribution in [0.2, 0.25) is 0 Å². The average molecular weight is 282 g/mol. The maximum absolute atomic E-state index is 4.50. The lowest BCUT2D eigenvalue weighted by Gasteiger charge is -2.36. The number of nitrogens with zero attached hydrogens (tertiary/aromatic N) is 3. The topological polar surface area (TPSA) is 33.1 Å². The maximum atomic E-state index is 4.50. The van der Waals surface area contributed by atoms with Crippen LogP contribution in [-0.4, -0.2) is 33.6 Å². The number of rotatable bonds is 3. The van der Waals surface area contributed by atoms with Gasteiger partial charge in [0, 0.05) is 37.6 Å². The second-order valence-electron chi connectivity index (χ2n) is 6.01. The summed E-state index contributed by atoms with van der Waals surface area (Å²) in [6.45, 7) is 6.34. The standard InChI is InChI=1S/C17H22N4/c1-2-18-17-14-6-4-3-5-13(14)11-15(17)21-10-9-20-8-7-19-16(20)12-21/h3-8,15,17-18H,2,9-12H2,1H3. The summed E-state index contributed by atoms with van der Waals surface area (Å²) in [4.78, 5) is 7.11. The van der Waals surface area contributed by atoms with Gasteiger partial charge in [-0.1, -0.05) is 31.2 Å². The summed E-state index contributed by atoms with van der Waals surface area (Å²) < 4.78 is 2.28. The lowest BCUT2D eigenvalue weighted by Crippen LogP contribution is -2.46. The first kappa shape index (κ1) is 13.0. The fourth-order valence-electron chi connectivity index (χ4n) is 3.86. The monoisotopic (exact) mass is 282 g/mol. The molecule has 4 rings (SSSR count). The van der Waals surface area contributed by atoms with E-state index in [1.165, 1.54) is 17.0 Å². The van der Waals surface area contributed by atoms with Crippen molar-refractivity contribution in [2.45, 2.75) is 38.5 Å². The molecule has 0 saturated carbocycles. The number of hydrogen-bond acceptors (Lipinski definition) is 3. The van der Waals surface area contributed by atoms with Crippen molar-refractivity contribution in [3.63, 3.8) is 0 Å². The zero-order chi connectivity index (χ0) is 14.2. The van der Waals surface area contributed by atoms with Crippen LogP contribution in [0, 0.1) is 0 Å². The molecule has 2 aliphatic rings. The summed E-state index contributed by atoms with van der Waals surface area (Å²) in [6, 6.07) is 9.89. The fraction of sp³-hybridized carbons (Fsp3) is 0.471. The van der Waals surface area contributed by atoms with Crippen LogP contribution in [0.25, 0.3) is 0 Å². The predicted octanol–water partition coefficient (Wildman–Crippen LogP) is 1.97. The number of benzene rings is 1. The predicted molar refractivity (Wildman–Crippen MR) is 83.0 cm³/mol. The average Bonchev–Trinajstić information content (AvgIpc) is 3.11. The molecule has 2 heterocycles. The molecule has 1 aromatic heterocycles. The molecule has 0 radical (unpaired) electrons. The highest BCUT2D eigenvalue weighted by molar-refractivity contribution is 5.37. The van der Waals surface area contributed by atoms with Crippen molar-refractivity contribution < 1.29 is 0 Å². The molecule has 2 aromatic rings. The largest absolute Gasteiger partial charge is 0.333 e. The van der Waals surface area contributed by atoms with Crippen LogP contribution in [0.15, 0.2) is 36.7 Å². The van der Waals surface area contributed by atoms with Gasteiger partial charge in [0.2, 0.25) is 0 Å². The highest BCUT2D eigenvalue weighted by atomic mass is 15.3. The number of imidazole rings is 1. The minimum atomic E-state index is 0.452. The molecule has 0 spiro atoms. The second-order valence-corrected chi connectivity index (χ2v) is 6.01. The summed E-state index contributed by atoms with van der Waals surface area (Å²) in [5.74, 6) is 1.20. The van der Waals surface area contributed by atoms with Gasteiger partial charge < -0.3 is 9.88 Å². The summed E-state index contributed by atoms with van der Waals surface area (Å²) in [5.41, 5.74) is 2.99. The van der Waals surface area contributed by atoms with Crippen LogP contribution in [0.3, 0.4) is 0 Å². The second kappa shape index (κ2) is 5.28. The third kappa shape index (κ3) is 2.19. The van der Waals surface area contributed by atoms with Crippen molar-refractivity contribution in [1.29, 1.82) is 0 Å². The molecule has 2 atom stereocenters. The summed E-state index contributed by atoms with van der Waals surface area (Å²) >= 11 is 0. The van der Waals surface area contributed by atoms with E-state index < -0.39 is 0 Å². The Morgan fingerprint density at radius 1 is 1.29 bits per heavy atom. The Morgan fingerprint density at radius 2 is 2.19 bits per heavy atom. The molecule has 1 aliphatic carbocycles. The van der Waals surface area contributed by atoms with Gasteiger partial charge in [0.25, 0.3) is 0 Å². The van der Waals surface area contributed by atoms with E-state index in [4.69, 9.17) is 0 Å². The van der Waals surface area contributed by atoms with Crippen molar-refractivity contribution in [1.82, 2.24) is 19.8 Å². The minimum Gasteiger partial charge on any atom is -0.333 e. The Kier molecular flexibility index (Phi) is 3.28. The molecule has 1 N–H and O–H groups in total. The third-order valence-corrected chi connectivity index (χ3v) is 4.87. The molecule has 1 aromatic carbocycles. The molecule has 110 valence electrons. The third-order valence-electron chi connectivity index (χ3n) is 4.87. The van der Waals surface area contributed by atoms with Crippen LogP contribution in [0.1, 0.15) is 29.9 Å². The number of hydrogen-bond donors (Lipinski definition) is 1. The van der Waals surface area contributed by atoms with Crippen molar-refractivity contribution in [2.75, 3.05) is 13.1 Å². The molecule has 0 saturated heterocycles. The molecule has 2 unspecified atom stereocenters. The van der Waals surface area contributed by atoms with Gasteiger partial charge in [-0.25, -0.2) is 4.98 Å². The molecule has 4 nitrogen and oxygen atoms in total. The molecular formula is C17H22N4. The maximum Gasteiger partial charge on any atom is 0.122 e. The van der Waals surface area contributed by atoms with Gasteiger partial charge in [-0.05, 0) is 24.1 Å². The van der Waals surface area contributed by atoms with Crippen LogP contribution >= 0.6 is 0 Å². The Hall–Kier alpha value is -1.65. The van der Waals surface area contributed by atoms with Crippen molar-refractivity contribution >= 4 is 0 Å². The van der Waals surface area contributed by atoms with Gasteiger partial charge in [-0.3, -0.25) is 4.90 Å². The van der Waals surface area contributed by atoms with Gasteiger partial charge >= 0.3 is 0 Å². The first-order valence-electron chi connectivity index (χ1n) is 7.92. The molecule has 4 heteroatoms. The van der Waals surface area contributed by atoms with Gasteiger partial charge in [-0.2, -0.15) is 0 Å². The zero-order valence-electron chi connectivity index (χ0n) is 12.5. The zero-order valence-corrected chi connectivity index (χ0v) is 12.5. The van der Waals surface area contributed by atoms with Crippen LogP contribution in [0.4, 0.5) is 0 Å². The summed E-state index contributed by atoms with van der Waals surface area (Å²) in [5, 5.41) is 3.70. The van der Waals surface area contributed by atoms with E-state index in [1.54, 1.807) is 0 Å². The molecule has 0 amide bonds. The van der Waals surface area contributed by atoms with E-state index >= 15 is 0 Å². The van der Waals surface area contributed by atoms with Crippen LogP contribution in [-0.2, 0) is 19.5 Å². The first-order valence-corrected chi connectivity index (χ1v) is 7.92. The fourth-order valence-corrected chi connectivity index (χ4v) is 3.86. The van der Waals surface area contributed by atoms with Crippen molar-refractivity contribution in [2.24, 2.45) is 0 Å². The Bertz CT molecular complexity index is 633. The molecular weight excluding hydrogens is 260 g/mol. The highest BCUT2D eigenvalue weighted by Crippen LogP contribution is 2.35. The molecule has 1 aliphatic heterocycles. The van der Waals surface area contributed by atoms with Gasteiger partial charge in [-0.15, -0.1) is 0 Å². The van der Waals surface area contributed by atoms with Crippen LogP contribution in [0.5, 0.6) is 0 Å². The van der Waals surface area contributed by atoms with E-state index in [1.807, 2.05) is 6.20 Å². The SMILES string of the molecule is CCNC1c2ccccc2CC1N1CCn2ccnc2C1. The van der Waals surface area contributed by atoms with Crippen molar-refractivity contribution in [3.8, 4) is 0 Å². The number of aromatic nitrogens is 2. The lowest BCUT2D eigenvalue weighted by atomic mass is 10.1. The van der Waals surface area contributed by atoms with E-state index in [0.29, 0.717) is 12.1 Å². The van der Waals surface area contributed by atoms with Crippen LogP contribution < -0.4 is 5.32 Å². The summed E-state index contributed by atoms with van der Waals surface area (Å²) in [6.07, 6.45) is 5.16. The van der Waals surface area contributed by atoms with E-state index in [0.717, 1.165) is 32.6 Å². The first-order chi connectivity index (χ1) is 10.4. The molecule has 21 heavy (non-hydrogen) atoms. The quantitative estimate of drug-likeness (QED) is 0.934. The highest BCUT2D eigenvalue weighted by Gasteiger charge is 2.36.